The maximum atomic E-state index is 13.0. The molecule has 1 aromatic heterocycles. The molecule has 4 rings (SSSR count). The van der Waals surface area contributed by atoms with Crippen LogP contribution in [0.5, 0.6) is 11.5 Å². The van der Waals surface area contributed by atoms with Gasteiger partial charge in [-0.15, -0.1) is 0 Å². The van der Waals surface area contributed by atoms with Gasteiger partial charge in [-0.1, -0.05) is 29.5 Å². The Morgan fingerprint density at radius 2 is 1.85 bits per heavy atom. The number of hydrogen-bond donors (Lipinski definition) is 1. The minimum atomic E-state index is -0.0586. The Morgan fingerprint density at radius 3 is 2.65 bits per heavy atom. The van der Waals surface area contributed by atoms with Crippen molar-refractivity contribution >= 4 is 27.9 Å². The molecule has 26 heavy (non-hydrogen) atoms. The lowest BCUT2D eigenvalue weighted by atomic mass is 10.1. The Bertz CT molecular complexity index is 937. The molecule has 0 bridgehead atoms. The number of carbonyl (C=O) groups excluding carboxylic acids is 1. The normalized spacial score (nSPS) is 13.1. The number of anilines is 2. The van der Waals surface area contributed by atoms with Gasteiger partial charge in [0, 0.05) is 17.7 Å². The first-order chi connectivity index (χ1) is 12.7. The first-order valence-corrected chi connectivity index (χ1v) is 9.26. The zero-order valence-electron chi connectivity index (χ0n) is 14.3. The van der Waals surface area contributed by atoms with Crippen LogP contribution in [0.4, 0.5) is 10.8 Å². The van der Waals surface area contributed by atoms with Gasteiger partial charge < -0.3 is 14.8 Å². The van der Waals surface area contributed by atoms with Crippen molar-refractivity contribution < 1.29 is 14.3 Å². The molecule has 3 aromatic rings. The Hall–Kier alpha value is -2.86. The van der Waals surface area contributed by atoms with E-state index in [-0.39, 0.29) is 5.78 Å². The summed E-state index contributed by atoms with van der Waals surface area (Å²) >= 11 is 1.35. The highest BCUT2D eigenvalue weighted by molar-refractivity contribution is 7.17. The number of ketones is 1. The molecule has 0 atom stereocenters. The van der Waals surface area contributed by atoms with Crippen LogP contribution < -0.4 is 14.8 Å². The summed E-state index contributed by atoms with van der Waals surface area (Å²) in [6.07, 6.45) is 0.834. The van der Waals surface area contributed by atoms with Crippen molar-refractivity contribution in [3.8, 4) is 11.5 Å². The number of nitrogens with one attached hydrogen (secondary N) is 1. The van der Waals surface area contributed by atoms with E-state index >= 15 is 0 Å². The Labute approximate surface area is 155 Å². The van der Waals surface area contributed by atoms with Gasteiger partial charge in [0.15, 0.2) is 16.6 Å². The van der Waals surface area contributed by atoms with Gasteiger partial charge in [0.2, 0.25) is 5.78 Å². The Kier molecular flexibility index (Phi) is 4.58. The molecule has 2 aromatic carbocycles. The highest BCUT2D eigenvalue weighted by Gasteiger charge is 2.20. The second-order valence-electron chi connectivity index (χ2n) is 5.97. The summed E-state index contributed by atoms with van der Waals surface area (Å²) in [5.74, 6) is 1.25. The van der Waals surface area contributed by atoms with Gasteiger partial charge in [0.25, 0.3) is 0 Å². The van der Waals surface area contributed by atoms with Crippen molar-refractivity contribution in [1.82, 2.24) is 4.98 Å². The lowest BCUT2D eigenvalue weighted by Gasteiger charge is -2.08. The summed E-state index contributed by atoms with van der Waals surface area (Å²) in [4.78, 5) is 18.1. The predicted octanol–water partition coefficient (Wildman–Crippen LogP) is 4.59. The zero-order valence-corrected chi connectivity index (χ0v) is 15.1. The smallest absolute Gasteiger partial charge is 0.205 e. The van der Waals surface area contributed by atoms with Crippen molar-refractivity contribution in [2.24, 2.45) is 0 Å². The second-order valence-corrected chi connectivity index (χ2v) is 6.96. The van der Waals surface area contributed by atoms with E-state index in [2.05, 4.69) is 10.3 Å². The number of nitrogens with zero attached hydrogens (tertiary/aromatic N) is 1. The number of aromatic nitrogens is 1. The van der Waals surface area contributed by atoms with Crippen molar-refractivity contribution in [2.75, 3.05) is 18.5 Å². The van der Waals surface area contributed by atoms with E-state index < -0.39 is 0 Å². The molecule has 0 saturated carbocycles. The number of aryl methyl sites for hydroxylation is 1. The lowest BCUT2D eigenvalue weighted by Crippen LogP contribution is -2.02. The minimum Gasteiger partial charge on any atom is -0.490 e. The van der Waals surface area contributed by atoms with Crippen LogP contribution in [0, 0.1) is 6.92 Å². The molecule has 0 radical (unpaired) electrons. The van der Waals surface area contributed by atoms with Crippen LogP contribution in [-0.4, -0.2) is 24.0 Å². The van der Waals surface area contributed by atoms with E-state index in [0.29, 0.717) is 46.0 Å². The molecule has 0 aliphatic carbocycles. The maximum Gasteiger partial charge on any atom is 0.205 e. The van der Waals surface area contributed by atoms with Crippen LogP contribution >= 0.6 is 11.3 Å². The molecular formula is C20H18N2O3S. The highest BCUT2D eigenvalue weighted by Crippen LogP contribution is 2.33. The predicted molar refractivity (Wildman–Crippen MR) is 102 cm³/mol. The summed E-state index contributed by atoms with van der Waals surface area (Å²) in [5, 5.41) is 3.94. The summed E-state index contributed by atoms with van der Waals surface area (Å²) in [6.45, 7) is 3.07. The second kappa shape index (κ2) is 7.17. The van der Waals surface area contributed by atoms with Gasteiger partial charge in [-0.25, -0.2) is 4.98 Å². The number of para-hydroxylation sites is 1. The van der Waals surface area contributed by atoms with Crippen molar-refractivity contribution in [1.29, 1.82) is 0 Å². The first kappa shape index (κ1) is 16.6. The van der Waals surface area contributed by atoms with Gasteiger partial charge in [-0.05, 0) is 37.3 Å². The fourth-order valence-corrected chi connectivity index (χ4v) is 3.69. The van der Waals surface area contributed by atoms with Crippen LogP contribution in [0.25, 0.3) is 0 Å². The standard InChI is InChI=1S/C20H18N2O3S/c1-13-19(26-20(21-13)22-15-6-3-2-4-7-15)18(23)14-8-9-16-17(12-14)25-11-5-10-24-16/h2-4,6-9,12H,5,10-11H2,1H3,(H,21,22). The highest BCUT2D eigenvalue weighted by atomic mass is 32.1. The number of hydrogen-bond acceptors (Lipinski definition) is 6. The van der Waals surface area contributed by atoms with Crippen molar-refractivity contribution in [2.45, 2.75) is 13.3 Å². The number of ether oxygens (including phenoxy) is 2. The maximum absolute atomic E-state index is 13.0. The van der Waals surface area contributed by atoms with Crippen LogP contribution in [0.3, 0.4) is 0 Å². The molecule has 0 spiro atoms. The molecule has 0 amide bonds. The third kappa shape index (κ3) is 3.41. The number of rotatable bonds is 4. The average molecular weight is 366 g/mol. The van der Waals surface area contributed by atoms with Crippen LogP contribution in [0.15, 0.2) is 48.5 Å². The fourth-order valence-electron chi connectivity index (χ4n) is 2.74. The van der Waals surface area contributed by atoms with Crippen molar-refractivity contribution in [3.05, 3.63) is 64.7 Å². The van der Waals surface area contributed by atoms with Gasteiger partial charge in [-0.2, -0.15) is 0 Å². The molecule has 1 N–H and O–H groups in total. The van der Waals surface area contributed by atoms with E-state index in [1.807, 2.05) is 37.3 Å². The fraction of sp³-hybridized carbons (Fsp3) is 0.200. The molecule has 1 aliphatic heterocycles. The van der Waals surface area contributed by atoms with Crippen LogP contribution in [0.2, 0.25) is 0 Å². The van der Waals surface area contributed by atoms with E-state index in [0.717, 1.165) is 12.1 Å². The molecule has 0 unspecified atom stereocenters. The first-order valence-electron chi connectivity index (χ1n) is 8.44. The molecule has 5 nitrogen and oxygen atoms in total. The number of thiazole rings is 1. The van der Waals surface area contributed by atoms with Crippen LogP contribution in [-0.2, 0) is 0 Å². The van der Waals surface area contributed by atoms with E-state index in [1.165, 1.54) is 11.3 Å². The van der Waals surface area contributed by atoms with Crippen molar-refractivity contribution in [3.63, 3.8) is 0 Å². The van der Waals surface area contributed by atoms with E-state index in [4.69, 9.17) is 9.47 Å². The number of benzene rings is 2. The summed E-state index contributed by atoms with van der Waals surface area (Å²) in [6, 6.07) is 15.1. The van der Waals surface area contributed by atoms with E-state index in [1.54, 1.807) is 18.2 Å². The lowest BCUT2D eigenvalue weighted by molar-refractivity contribution is 0.104. The third-order valence-electron chi connectivity index (χ3n) is 4.04. The average Bonchev–Trinajstić information content (AvgIpc) is 2.87. The van der Waals surface area contributed by atoms with Gasteiger partial charge in [0.1, 0.15) is 0 Å². The largest absolute Gasteiger partial charge is 0.490 e. The minimum absolute atomic E-state index is 0.0586. The summed E-state index contributed by atoms with van der Waals surface area (Å²) in [5.41, 5.74) is 2.23. The van der Waals surface area contributed by atoms with Gasteiger partial charge in [0.05, 0.1) is 23.8 Å². The summed E-state index contributed by atoms with van der Waals surface area (Å²) in [7, 11) is 0. The molecular weight excluding hydrogens is 348 g/mol. The third-order valence-corrected chi connectivity index (χ3v) is 5.11. The number of fused-ring (bicyclic) bond motifs is 1. The van der Waals surface area contributed by atoms with Gasteiger partial charge >= 0.3 is 0 Å². The Morgan fingerprint density at radius 1 is 1.08 bits per heavy atom. The molecule has 0 saturated heterocycles. The zero-order chi connectivity index (χ0) is 17.9. The SMILES string of the molecule is Cc1nc(Nc2ccccc2)sc1C(=O)c1ccc2c(c1)OCCCO2. The monoisotopic (exact) mass is 366 g/mol. The van der Waals surface area contributed by atoms with E-state index in [9.17, 15) is 4.79 Å². The molecule has 1 aliphatic rings. The molecule has 6 heteroatoms. The Balaban J connectivity index is 1.59. The van der Waals surface area contributed by atoms with Crippen LogP contribution in [0.1, 0.15) is 27.3 Å². The topological polar surface area (TPSA) is 60.5 Å². The van der Waals surface area contributed by atoms with Gasteiger partial charge in [-0.3, -0.25) is 4.79 Å². The molecule has 2 heterocycles. The quantitative estimate of drug-likeness (QED) is 0.685. The molecule has 132 valence electrons. The number of carbonyl (C=O) groups is 1. The summed E-state index contributed by atoms with van der Waals surface area (Å²) < 4.78 is 11.3. The molecule has 0 fully saturated rings.